The average molecular weight is 511 g/mol. The van der Waals surface area contributed by atoms with Crippen LogP contribution in [0.25, 0.3) is 6.08 Å². The third-order valence-corrected chi connectivity index (χ3v) is 8.58. The number of methoxy groups -OCH3 is 1. The largest absolute Gasteiger partial charge is 0.481 e. The van der Waals surface area contributed by atoms with E-state index in [0.29, 0.717) is 24.1 Å². The Balaban J connectivity index is 1.75. The second-order valence-corrected chi connectivity index (χ2v) is 11.6. The molecule has 2 aromatic carbocycles. The molecule has 4 heteroatoms. The van der Waals surface area contributed by atoms with E-state index in [1.54, 1.807) is 7.11 Å². The fourth-order valence-corrected chi connectivity index (χ4v) is 6.57. The van der Waals surface area contributed by atoms with Crippen molar-refractivity contribution in [3.8, 4) is 5.88 Å². The summed E-state index contributed by atoms with van der Waals surface area (Å²) in [5, 5.41) is 13.2. The summed E-state index contributed by atoms with van der Waals surface area (Å²) >= 11 is 0. The monoisotopic (exact) mass is 510 g/mol. The Labute approximate surface area is 228 Å². The highest BCUT2D eigenvalue weighted by atomic mass is 16.5. The molecule has 1 aromatic heterocycles. The third kappa shape index (κ3) is 5.30. The van der Waals surface area contributed by atoms with Crippen LogP contribution in [0.5, 0.6) is 5.88 Å². The minimum Gasteiger partial charge on any atom is -0.481 e. The zero-order valence-corrected chi connectivity index (χ0v) is 23.4. The molecule has 0 radical (unpaired) electrons. The summed E-state index contributed by atoms with van der Waals surface area (Å²) in [6.45, 7) is 3.00. The standard InChI is InChI=1S/C34H42N2O2/c1-24-17-18-29-27(21-24)15-10-16-31(29)34(37,19-20-36(2)3)32(26-13-6-5-7-14-26)30-22-28(23-35-33(30)38-4)25-11-8-9-12-25/h5-7,10,13-18,22-25,32,37H,8-9,11-12,19-21H2,1-4H3. The summed E-state index contributed by atoms with van der Waals surface area (Å²) in [4.78, 5) is 6.99. The molecule has 0 amide bonds. The molecule has 3 atom stereocenters. The van der Waals surface area contributed by atoms with Crippen LogP contribution in [-0.4, -0.2) is 42.7 Å². The van der Waals surface area contributed by atoms with Crippen LogP contribution in [0.4, 0.5) is 0 Å². The molecule has 1 saturated carbocycles. The van der Waals surface area contributed by atoms with Gasteiger partial charge in [0.1, 0.15) is 5.60 Å². The predicted octanol–water partition coefficient (Wildman–Crippen LogP) is 6.92. The van der Waals surface area contributed by atoms with E-state index in [1.807, 2.05) is 12.3 Å². The normalized spacial score (nSPS) is 19.8. The molecule has 0 spiro atoms. The number of aliphatic hydroxyl groups is 1. The molecular weight excluding hydrogens is 468 g/mol. The molecular formula is C34H42N2O2. The maximum Gasteiger partial charge on any atom is 0.216 e. The summed E-state index contributed by atoms with van der Waals surface area (Å²) in [5.41, 5.74) is 5.58. The van der Waals surface area contributed by atoms with Crippen molar-refractivity contribution in [3.05, 3.63) is 100 Å². The van der Waals surface area contributed by atoms with E-state index in [-0.39, 0.29) is 5.92 Å². The van der Waals surface area contributed by atoms with Crippen LogP contribution < -0.4 is 4.74 Å². The highest BCUT2D eigenvalue weighted by Gasteiger charge is 2.44. The second-order valence-electron chi connectivity index (χ2n) is 11.6. The van der Waals surface area contributed by atoms with Crippen LogP contribution in [0.2, 0.25) is 0 Å². The highest BCUT2D eigenvalue weighted by molar-refractivity contribution is 5.63. The van der Waals surface area contributed by atoms with E-state index >= 15 is 0 Å². The Morgan fingerprint density at radius 1 is 1.08 bits per heavy atom. The van der Waals surface area contributed by atoms with Gasteiger partial charge in [-0.15, -0.1) is 0 Å². The number of allylic oxidation sites excluding steroid dienone is 1. The first-order chi connectivity index (χ1) is 18.4. The van der Waals surface area contributed by atoms with E-state index in [1.165, 1.54) is 36.8 Å². The average Bonchev–Trinajstić information content (AvgIpc) is 3.47. The highest BCUT2D eigenvalue weighted by Crippen LogP contribution is 2.49. The number of nitrogens with zero attached hydrogens (tertiary/aromatic N) is 2. The molecule has 3 aromatic rings. The van der Waals surface area contributed by atoms with Gasteiger partial charge in [-0.2, -0.15) is 0 Å². The van der Waals surface area contributed by atoms with Crippen molar-refractivity contribution in [1.82, 2.24) is 9.88 Å². The third-order valence-electron chi connectivity index (χ3n) is 8.58. The van der Waals surface area contributed by atoms with Crippen LogP contribution in [0.15, 0.2) is 66.9 Å². The molecule has 3 unspecified atom stereocenters. The molecule has 0 saturated heterocycles. The van der Waals surface area contributed by atoms with Gasteiger partial charge < -0.3 is 14.7 Å². The second kappa shape index (κ2) is 11.4. The van der Waals surface area contributed by atoms with Crippen LogP contribution in [0.3, 0.4) is 0 Å². The summed E-state index contributed by atoms with van der Waals surface area (Å²) < 4.78 is 5.90. The van der Waals surface area contributed by atoms with Gasteiger partial charge >= 0.3 is 0 Å². The van der Waals surface area contributed by atoms with Crippen LogP contribution >= 0.6 is 0 Å². The van der Waals surface area contributed by atoms with Gasteiger partial charge in [-0.1, -0.05) is 80.4 Å². The van der Waals surface area contributed by atoms with Gasteiger partial charge in [-0.25, -0.2) is 4.98 Å². The first-order valence-electron chi connectivity index (χ1n) is 14.2. The topological polar surface area (TPSA) is 45.6 Å². The van der Waals surface area contributed by atoms with Crippen LogP contribution in [0.1, 0.15) is 84.2 Å². The Morgan fingerprint density at radius 3 is 2.55 bits per heavy atom. The SMILES string of the molecule is COc1ncc(C2CCCC2)cc1C(c1ccccc1)C(O)(CCN(C)C)c1cccc2c1C=CC(C)C2. The van der Waals surface area contributed by atoms with Crippen molar-refractivity contribution >= 4 is 6.08 Å². The molecule has 1 N–H and O–H groups in total. The predicted molar refractivity (Wildman–Crippen MR) is 156 cm³/mol. The number of fused-ring (bicyclic) bond motifs is 1. The lowest BCUT2D eigenvalue weighted by molar-refractivity contribution is 0.00346. The molecule has 200 valence electrons. The molecule has 2 aliphatic carbocycles. The number of aromatic nitrogens is 1. The molecule has 0 bridgehead atoms. The molecule has 38 heavy (non-hydrogen) atoms. The zero-order chi connectivity index (χ0) is 26.7. The van der Waals surface area contributed by atoms with Gasteiger partial charge in [0, 0.05) is 24.2 Å². The molecule has 5 rings (SSSR count). The minimum atomic E-state index is -1.18. The first-order valence-corrected chi connectivity index (χ1v) is 14.2. The van der Waals surface area contributed by atoms with Crippen molar-refractivity contribution in [2.45, 2.75) is 62.9 Å². The van der Waals surface area contributed by atoms with Crippen molar-refractivity contribution in [3.63, 3.8) is 0 Å². The number of pyridine rings is 1. The van der Waals surface area contributed by atoms with E-state index in [4.69, 9.17) is 9.72 Å². The van der Waals surface area contributed by atoms with Gasteiger partial charge in [0.15, 0.2) is 0 Å². The number of benzene rings is 2. The van der Waals surface area contributed by atoms with Crippen LogP contribution in [0, 0.1) is 5.92 Å². The molecule has 1 fully saturated rings. The quantitative estimate of drug-likeness (QED) is 0.339. The maximum atomic E-state index is 13.2. The van der Waals surface area contributed by atoms with E-state index in [0.717, 1.165) is 35.2 Å². The molecule has 2 aliphatic rings. The van der Waals surface area contributed by atoms with Gasteiger partial charge in [0.25, 0.3) is 0 Å². The number of rotatable bonds is 9. The van der Waals surface area contributed by atoms with Crippen molar-refractivity contribution in [2.24, 2.45) is 5.92 Å². The fourth-order valence-electron chi connectivity index (χ4n) is 6.57. The minimum absolute atomic E-state index is 0.341. The van der Waals surface area contributed by atoms with Crippen LogP contribution in [-0.2, 0) is 12.0 Å². The number of hydrogen-bond donors (Lipinski definition) is 1. The van der Waals surface area contributed by atoms with E-state index < -0.39 is 5.60 Å². The summed E-state index contributed by atoms with van der Waals surface area (Å²) in [6, 6.07) is 19.2. The summed E-state index contributed by atoms with van der Waals surface area (Å²) in [7, 11) is 5.84. The Bertz CT molecular complexity index is 1260. The van der Waals surface area contributed by atoms with Crippen molar-refractivity contribution in [2.75, 3.05) is 27.7 Å². The lowest BCUT2D eigenvalue weighted by Gasteiger charge is -2.40. The van der Waals surface area contributed by atoms with Gasteiger partial charge in [0.2, 0.25) is 5.88 Å². The first kappa shape index (κ1) is 26.6. The Hall–Kier alpha value is -2.95. The number of hydrogen-bond acceptors (Lipinski definition) is 4. The molecule has 1 heterocycles. The maximum absolute atomic E-state index is 13.2. The molecule has 0 aliphatic heterocycles. The van der Waals surface area contributed by atoms with Crippen molar-refractivity contribution in [1.29, 1.82) is 0 Å². The Morgan fingerprint density at radius 2 is 1.84 bits per heavy atom. The summed E-state index contributed by atoms with van der Waals surface area (Å²) in [6.07, 6.45) is 13.0. The fraction of sp³-hybridized carbons (Fsp3) is 0.441. The van der Waals surface area contributed by atoms with E-state index in [2.05, 4.69) is 86.6 Å². The molecule has 4 nitrogen and oxygen atoms in total. The van der Waals surface area contributed by atoms with E-state index in [9.17, 15) is 5.11 Å². The zero-order valence-electron chi connectivity index (χ0n) is 23.4. The van der Waals surface area contributed by atoms with Gasteiger partial charge in [-0.3, -0.25) is 0 Å². The lowest BCUT2D eigenvalue weighted by atomic mass is 9.69. The lowest BCUT2D eigenvalue weighted by Crippen LogP contribution is -2.39. The summed E-state index contributed by atoms with van der Waals surface area (Å²) in [5.74, 6) is 1.27. The number of ether oxygens (including phenoxy) is 1. The van der Waals surface area contributed by atoms with Gasteiger partial charge in [0.05, 0.1) is 7.11 Å². The Kier molecular flexibility index (Phi) is 8.01. The van der Waals surface area contributed by atoms with Crippen molar-refractivity contribution < 1.29 is 9.84 Å². The van der Waals surface area contributed by atoms with Gasteiger partial charge in [-0.05, 0) is 85.5 Å². The smallest absolute Gasteiger partial charge is 0.216 e.